The Labute approximate surface area is 104 Å². The van der Waals surface area contributed by atoms with Crippen molar-refractivity contribution in [2.45, 2.75) is 32.3 Å². The minimum atomic E-state index is -3.13. The van der Waals surface area contributed by atoms with Gasteiger partial charge in [-0.05, 0) is 23.1 Å². The van der Waals surface area contributed by atoms with E-state index < -0.39 is 9.84 Å². The quantitative estimate of drug-likeness (QED) is 0.831. The normalized spacial score (nSPS) is 12.7. The Morgan fingerprint density at radius 2 is 1.88 bits per heavy atom. The van der Waals surface area contributed by atoms with Crippen molar-refractivity contribution in [3.05, 3.63) is 29.8 Å². The zero-order chi connectivity index (χ0) is 13.1. The summed E-state index contributed by atoms with van der Waals surface area (Å²) in [7, 11) is -3.13. The second-order valence-electron chi connectivity index (χ2n) is 5.47. The fourth-order valence-electron chi connectivity index (χ4n) is 1.34. The van der Waals surface area contributed by atoms with Gasteiger partial charge in [0.2, 0.25) is 0 Å². The Hall–Kier alpha value is -0.870. The maximum atomic E-state index is 11.4. The molecule has 0 radical (unpaired) electrons. The molecule has 1 aromatic rings. The molecule has 0 aliphatic carbocycles. The molecular formula is C13H20O3S. The predicted molar refractivity (Wildman–Crippen MR) is 68.7 cm³/mol. The molecule has 0 atom stereocenters. The summed E-state index contributed by atoms with van der Waals surface area (Å²) in [6.45, 7) is 7.39. The number of hydrogen-bond donors (Lipinski definition) is 0. The van der Waals surface area contributed by atoms with Gasteiger partial charge in [0.1, 0.15) is 0 Å². The summed E-state index contributed by atoms with van der Waals surface area (Å²) >= 11 is 0. The second kappa shape index (κ2) is 5.19. The largest absolute Gasteiger partial charge is 0.376 e. The van der Waals surface area contributed by atoms with Crippen LogP contribution in [0.5, 0.6) is 0 Å². The van der Waals surface area contributed by atoms with Gasteiger partial charge in [-0.25, -0.2) is 8.42 Å². The van der Waals surface area contributed by atoms with E-state index in [2.05, 4.69) is 20.8 Å². The van der Waals surface area contributed by atoms with E-state index in [1.54, 1.807) is 18.2 Å². The summed E-state index contributed by atoms with van der Waals surface area (Å²) < 4.78 is 28.3. The zero-order valence-corrected chi connectivity index (χ0v) is 11.7. The van der Waals surface area contributed by atoms with Crippen LogP contribution in [-0.2, 0) is 21.2 Å². The smallest absolute Gasteiger partial charge is 0.175 e. The topological polar surface area (TPSA) is 43.4 Å². The molecule has 0 aliphatic heterocycles. The van der Waals surface area contributed by atoms with Gasteiger partial charge in [-0.1, -0.05) is 32.9 Å². The molecule has 17 heavy (non-hydrogen) atoms. The van der Waals surface area contributed by atoms with Crippen molar-refractivity contribution >= 4 is 9.84 Å². The summed E-state index contributed by atoms with van der Waals surface area (Å²) in [6, 6.07) is 6.88. The van der Waals surface area contributed by atoms with Gasteiger partial charge in [0, 0.05) is 6.26 Å². The molecule has 0 saturated heterocycles. The van der Waals surface area contributed by atoms with Gasteiger partial charge in [-0.2, -0.15) is 0 Å². The van der Waals surface area contributed by atoms with Gasteiger partial charge < -0.3 is 4.74 Å². The monoisotopic (exact) mass is 256 g/mol. The summed E-state index contributed by atoms with van der Waals surface area (Å²) in [5.41, 5.74) is 1.01. The summed E-state index contributed by atoms with van der Waals surface area (Å²) in [6.07, 6.45) is 1.21. The molecular weight excluding hydrogens is 236 g/mol. The Bertz CT molecular complexity index is 470. The van der Waals surface area contributed by atoms with Crippen LogP contribution in [0.4, 0.5) is 0 Å². The van der Waals surface area contributed by atoms with Crippen LogP contribution in [0, 0.1) is 5.41 Å². The number of benzene rings is 1. The average Bonchev–Trinajstić information content (AvgIpc) is 2.15. The third-order valence-corrected chi connectivity index (χ3v) is 3.24. The van der Waals surface area contributed by atoms with Crippen molar-refractivity contribution in [2.75, 3.05) is 12.9 Å². The third-order valence-electron chi connectivity index (χ3n) is 2.13. The number of hydrogen-bond acceptors (Lipinski definition) is 3. The molecule has 0 amide bonds. The molecule has 1 rings (SSSR count). The molecule has 0 aromatic heterocycles. The first-order valence-electron chi connectivity index (χ1n) is 5.55. The summed E-state index contributed by atoms with van der Waals surface area (Å²) in [4.78, 5) is 0.342. The third kappa shape index (κ3) is 5.33. The highest BCUT2D eigenvalue weighted by molar-refractivity contribution is 7.90. The molecule has 0 saturated carbocycles. The van der Waals surface area contributed by atoms with Gasteiger partial charge in [0.05, 0.1) is 18.1 Å². The summed E-state index contributed by atoms with van der Waals surface area (Å²) in [5, 5.41) is 0. The van der Waals surface area contributed by atoms with E-state index in [-0.39, 0.29) is 5.41 Å². The average molecular weight is 256 g/mol. The van der Waals surface area contributed by atoms with Crippen LogP contribution >= 0.6 is 0 Å². The first-order valence-corrected chi connectivity index (χ1v) is 7.44. The van der Waals surface area contributed by atoms with Crippen LogP contribution < -0.4 is 0 Å². The van der Waals surface area contributed by atoms with Crippen LogP contribution in [-0.4, -0.2) is 21.3 Å². The Kier molecular flexibility index (Phi) is 4.33. The first kappa shape index (κ1) is 14.2. The van der Waals surface area contributed by atoms with Gasteiger partial charge >= 0.3 is 0 Å². The molecule has 0 N–H and O–H groups in total. The Morgan fingerprint density at radius 1 is 1.24 bits per heavy atom. The van der Waals surface area contributed by atoms with Crippen LogP contribution in [0.15, 0.2) is 29.2 Å². The lowest BCUT2D eigenvalue weighted by atomic mass is 9.99. The molecule has 0 heterocycles. The minimum Gasteiger partial charge on any atom is -0.376 e. The van der Waals surface area contributed by atoms with Crippen LogP contribution in [0.1, 0.15) is 26.3 Å². The number of rotatable bonds is 4. The molecule has 4 heteroatoms. The van der Waals surface area contributed by atoms with E-state index >= 15 is 0 Å². The lowest BCUT2D eigenvalue weighted by molar-refractivity contribution is 0.0598. The van der Waals surface area contributed by atoms with Crippen LogP contribution in [0.2, 0.25) is 0 Å². The van der Waals surface area contributed by atoms with Crippen molar-refractivity contribution in [2.24, 2.45) is 5.41 Å². The van der Waals surface area contributed by atoms with E-state index in [0.29, 0.717) is 18.1 Å². The highest BCUT2D eigenvalue weighted by Gasteiger charge is 2.11. The fourth-order valence-corrected chi connectivity index (χ4v) is 2.03. The minimum absolute atomic E-state index is 0.119. The number of sulfone groups is 1. The summed E-state index contributed by atoms with van der Waals surface area (Å²) in [5.74, 6) is 0. The van der Waals surface area contributed by atoms with E-state index in [1.165, 1.54) is 6.26 Å². The van der Waals surface area contributed by atoms with Gasteiger partial charge in [-0.15, -0.1) is 0 Å². The maximum absolute atomic E-state index is 11.4. The predicted octanol–water partition coefficient (Wildman–Crippen LogP) is 2.65. The van der Waals surface area contributed by atoms with E-state index in [4.69, 9.17) is 4.74 Å². The molecule has 0 bridgehead atoms. The van der Waals surface area contributed by atoms with Gasteiger partial charge in [0.15, 0.2) is 9.84 Å². The van der Waals surface area contributed by atoms with Crippen molar-refractivity contribution in [1.82, 2.24) is 0 Å². The molecule has 0 spiro atoms. The Morgan fingerprint density at radius 3 is 2.41 bits per heavy atom. The lowest BCUT2D eigenvalue weighted by Gasteiger charge is -2.18. The standard InChI is InChI=1S/C13H20O3S/c1-13(2,3)10-16-9-11-6-5-7-12(8-11)17(4,14)15/h5-8H,9-10H2,1-4H3. The molecule has 96 valence electrons. The van der Waals surface area contributed by atoms with E-state index in [0.717, 1.165) is 5.56 Å². The van der Waals surface area contributed by atoms with Crippen molar-refractivity contribution in [3.8, 4) is 0 Å². The molecule has 0 aliphatic rings. The van der Waals surface area contributed by atoms with Crippen LogP contribution in [0.25, 0.3) is 0 Å². The number of ether oxygens (including phenoxy) is 1. The Balaban J connectivity index is 2.68. The molecule has 0 fully saturated rings. The molecule has 0 unspecified atom stereocenters. The maximum Gasteiger partial charge on any atom is 0.175 e. The highest BCUT2D eigenvalue weighted by Crippen LogP contribution is 2.16. The highest BCUT2D eigenvalue weighted by atomic mass is 32.2. The molecule has 3 nitrogen and oxygen atoms in total. The fraction of sp³-hybridized carbons (Fsp3) is 0.538. The van der Waals surface area contributed by atoms with Gasteiger partial charge in [0.25, 0.3) is 0 Å². The zero-order valence-electron chi connectivity index (χ0n) is 10.9. The second-order valence-corrected chi connectivity index (χ2v) is 7.49. The lowest BCUT2D eigenvalue weighted by Crippen LogP contribution is -2.14. The van der Waals surface area contributed by atoms with Crippen molar-refractivity contribution < 1.29 is 13.2 Å². The van der Waals surface area contributed by atoms with Gasteiger partial charge in [-0.3, -0.25) is 0 Å². The van der Waals surface area contributed by atoms with E-state index in [1.807, 2.05) is 6.07 Å². The van der Waals surface area contributed by atoms with E-state index in [9.17, 15) is 8.42 Å². The van der Waals surface area contributed by atoms with Crippen LogP contribution in [0.3, 0.4) is 0 Å². The first-order chi connectivity index (χ1) is 7.68. The van der Waals surface area contributed by atoms with Crippen molar-refractivity contribution in [3.63, 3.8) is 0 Å². The SMILES string of the molecule is CC(C)(C)COCc1cccc(S(C)(=O)=O)c1. The molecule has 1 aromatic carbocycles. The van der Waals surface area contributed by atoms with Crippen molar-refractivity contribution in [1.29, 1.82) is 0 Å².